The van der Waals surface area contributed by atoms with E-state index >= 15 is 0 Å². The van der Waals surface area contributed by atoms with Crippen LogP contribution in [0.25, 0.3) is 4.91 Å². The standard InChI is InChI=1S/C12H14O4S/c1-9(2)7-12(17(14,15)16)11-6-4-3-5-10(11)8-13/h3-7,13H,1,8H2,2H3,(H,14,15,16). The largest absolute Gasteiger partial charge is 0.392 e. The molecule has 2 N–H and O–H groups in total. The van der Waals surface area contributed by atoms with Crippen LogP contribution in [-0.2, 0) is 16.7 Å². The van der Waals surface area contributed by atoms with Crippen molar-refractivity contribution in [1.82, 2.24) is 0 Å². The van der Waals surface area contributed by atoms with Gasteiger partial charge < -0.3 is 5.11 Å². The van der Waals surface area contributed by atoms with Crippen LogP contribution in [0.5, 0.6) is 0 Å². The Hall–Kier alpha value is -1.43. The van der Waals surface area contributed by atoms with Crippen molar-refractivity contribution in [2.45, 2.75) is 13.5 Å². The van der Waals surface area contributed by atoms with Gasteiger partial charge in [-0.15, -0.1) is 0 Å². The second-order valence-corrected chi connectivity index (χ2v) is 5.04. The molecule has 0 aromatic heterocycles. The van der Waals surface area contributed by atoms with Crippen molar-refractivity contribution < 1.29 is 18.1 Å². The van der Waals surface area contributed by atoms with E-state index in [0.29, 0.717) is 11.1 Å². The minimum absolute atomic E-state index is 0.255. The topological polar surface area (TPSA) is 74.6 Å². The lowest BCUT2D eigenvalue weighted by Gasteiger charge is -2.09. The molecule has 4 nitrogen and oxygen atoms in total. The quantitative estimate of drug-likeness (QED) is 0.636. The van der Waals surface area contributed by atoms with E-state index in [1.54, 1.807) is 25.1 Å². The molecule has 0 atom stereocenters. The Kier molecular flexibility index (Phi) is 4.22. The van der Waals surface area contributed by atoms with Crippen molar-refractivity contribution in [3.63, 3.8) is 0 Å². The lowest BCUT2D eigenvalue weighted by molar-refractivity contribution is 0.281. The van der Waals surface area contributed by atoms with Gasteiger partial charge in [0.25, 0.3) is 10.1 Å². The number of aliphatic hydroxyl groups excluding tert-OH is 1. The molecule has 1 aromatic rings. The van der Waals surface area contributed by atoms with Crippen LogP contribution in [0.2, 0.25) is 0 Å². The maximum atomic E-state index is 11.3. The second kappa shape index (κ2) is 5.27. The van der Waals surface area contributed by atoms with Crippen LogP contribution in [-0.4, -0.2) is 18.1 Å². The molecule has 0 aliphatic rings. The van der Waals surface area contributed by atoms with E-state index in [2.05, 4.69) is 6.58 Å². The van der Waals surface area contributed by atoms with E-state index < -0.39 is 10.1 Å². The summed E-state index contributed by atoms with van der Waals surface area (Å²) in [7, 11) is -4.36. The summed E-state index contributed by atoms with van der Waals surface area (Å²) >= 11 is 0. The Bertz CT molecular complexity index is 556. The fourth-order valence-corrected chi connectivity index (χ4v) is 2.24. The maximum Gasteiger partial charge on any atom is 0.295 e. The van der Waals surface area contributed by atoms with Gasteiger partial charge in [0.2, 0.25) is 0 Å². The van der Waals surface area contributed by atoms with Crippen LogP contribution in [0.1, 0.15) is 18.1 Å². The number of hydrogen-bond acceptors (Lipinski definition) is 3. The molecule has 0 aliphatic carbocycles. The summed E-state index contributed by atoms with van der Waals surface area (Å²) in [5.74, 6) is 0. The van der Waals surface area contributed by atoms with Crippen LogP contribution in [0.3, 0.4) is 0 Å². The van der Waals surface area contributed by atoms with Gasteiger partial charge in [0.15, 0.2) is 0 Å². The SMILES string of the molecule is C=C(C)C=C(c1ccccc1CO)S(=O)(=O)O. The smallest absolute Gasteiger partial charge is 0.295 e. The lowest BCUT2D eigenvalue weighted by atomic mass is 10.1. The van der Waals surface area contributed by atoms with E-state index in [-0.39, 0.29) is 17.1 Å². The minimum Gasteiger partial charge on any atom is -0.392 e. The number of rotatable bonds is 4. The van der Waals surface area contributed by atoms with Crippen LogP contribution in [0.15, 0.2) is 42.5 Å². The Morgan fingerprint density at radius 3 is 2.47 bits per heavy atom. The first-order chi connectivity index (χ1) is 7.86. The highest BCUT2D eigenvalue weighted by Gasteiger charge is 2.18. The summed E-state index contributed by atoms with van der Waals surface area (Å²) in [6, 6.07) is 6.42. The van der Waals surface area contributed by atoms with Gasteiger partial charge in [0.05, 0.1) is 6.61 Å². The first kappa shape index (κ1) is 13.6. The Balaban J connectivity index is 3.49. The average molecular weight is 254 g/mol. The molecule has 1 aromatic carbocycles. The van der Waals surface area contributed by atoms with Crippen molar-refractivity contribution in [1.29, 1.82) is 0 Å². The minimum atomic E-state index is -4.36. The third-order valence-electron chi connectivity index (χ3n) is 2.11. The third-order valence-corrected chi connectivity index (χ3v) is 3.00. The monoisotopic (exact) mass is 254 g/mol. The first-order valence-corrected chi connectivity index (χ1v) is 6.34. The van der Waals surface area contributed by atoms with E-state index in [4.69, 9.17) is 5.11 Å². The van der Waals surface area contributed by atoms with E-state index in [0.717, 1.165) is 0 Å². The zero-order valence-corrected chi connectivity index (χ0v) is 10.2. The fraction of sp³-hybridized carbons (Fsp3) is 0.167. The molecule has 5 heteroatoms. The third kappa shape index (κ3) is 3.52. The Morgan fingerprint density at radius 2 is 2.00 bits per heavy atom. The molecule has 17 heavy (non-hydrogen) atoms. The summed E-state index contributed by atoms with van der Waals surface area (Å²) in [6.45, 7) is 4.89. The van der Waals surface area contributed by atoms with Crippen LogP contribution >= 0.6 is 0 Å². The van der Waals surface area contributed by atoms with Gasteiger partial charge >= 0.3 is 0 Å². The summed E-state index contributed by atoms with van der Waals surface area (Å²) in [5, 5.41) is 9.14. The first-order valence-electron chi connectivity index (χ1n) is 4.90. The highest BCUT2D eigenvalue weighted by molar-refractivity contribution is 7.95. The molecule has 0 heterocycles. The van der Waals surface area contributed by atoms with Gasteiger partial charge in [-0.3, -0.25) is 4.55 Å². The maximum absolute atomic E-state index is 11.3. The molecule has 0 bridgehead atoms. The van der Waals surface area contributed by atoms with Crippen molar-refractivity contribution in [3.05, 3.63) is 53.6 Å². The fourth-order valence-electron chi connectivity index (χ4n) is 1.41. The number of hydrogen-bond donors (Lipinski definition) is 2. The normalized spacial score (nSPS) is 12.5. The molecule has 0 aliphatic heterocycles. The van der Waals surface area contributed by atoms with Crippen molar-refractivity contribution in [2.75, 3.05) is 0 Å². The summed E-state index contributed by atoms with van der Waals surface area (Å²) in [4.78, 5) is -0.255. The summed E-state index contributed by atoms with van der Waals surface area (Å²) < 4.78 is 31.8. The van der Waals surface area contributed by atoms with E-state index in [1.807, 2.05) is 0 Å². The van der Waals surface area contributed by atoms with Gasteiger partial charge in [0, 0.05) is 5.56 Å². The molecule has 1 rings (SSSR count). The molecular formula is C12H14O4S. The predicted molar refractivity (Wildman–Crippen MR) is 66.7 cm³/mol. The molecule has 0 unspecified atom stereocenters. The van der Waals surface area contributed by atoms with Gasteiger partial charge in [0.1, 0.15) is 4.91 Å². The van der Waals surface area contributed by atoms with Crippen LogP contribution < -0.4 is 0 Å². The molecule has 0 amide bonds. The van der Waals surface area contributed by atoms with E-state index in [1.165, 1.54) is 12.1 Å². The molecule has 0 saturated heterocycles. The average Bonchev–Trinajstić information content (AvgIpc) is 2.24. The summed E-state index contributed by atoms with van der Waals surface area (Å²) in [5.41, 5.74) is 1.20. The Morgan fingerprint density at radius 1 is 1.41 bits per heavy atom. The lowest BCUT2D eigenvalue weighted by Crippen LogP contribution is -2.04. The number of aliphatic hydroxyl groups is 1. The van der Waals surface area contributed by atoms with Crippen molar-refractivity contribution in [3.8, 4) is 0 Å². The van der Waals surface area contributed by atoms with Gasteiger partial charge in [-0.05, 0) is 18.6 Å². The van der Waals surface area contributed by atoms with E-state index in [9.17, 15) is 13.0 Å². The van der Waals surface area contributed by atoms with Gasteiger partial charge in [-0.2, -0.15) is 8.42 Å². The van der Waals surface area contributed by atoms with Crippen LogP contribution in [0.4, 0.5) is 0 Å². The van der Waals surface area contributed by atoms with Crippen LogP contribution in [0, 0.1) is 0 Å². The molecule has 0 radical (unpaired) electrons. The van der Waals surface area contributed by atoms with Crippen molar-refractivity contribution >= 4 is 15.0 Å². The molecule has 0 fully saturated rings. The molecule has 0 saturated carbocycles. The van der Waals surface area contributed by atoms with Crippen molar-refractivity contribution in [2.24, 2.45) is 0 Å². The highest BCUT2D eigenvalue weighted by Crippen LogP contribution is 2.25. The van der Waals surface area contributed by atoms with Gasteiger partial charge in [-0.1, -0.05) is 36.4 Å². The predicted octanol–water partition coefficient (Wildman–Crippen LogP) is 1.98. The molecule has 0 spiro atoms. The highest BCUT2D eigenvalue weighted by atomic mass is 32.2. The zero-order chi connectivity index (χ0) is 13.1. The molecule has 92 valence electrons. The van der Waals surface area contributed by atoms with Gasteiger partial charge in [-0.25, -0.2) is 0 Å². The Labute approximate surface area is 101 Å². The second-order valence-electron chi connectivity index (χ2n) is 3.65. The number of benzene rings is 1. The summed E-state index contributed by atoms with van der Waals surface area (Å²) in [6.07, 6.45) is 1.27. The number of allylic oxidation sites excluding steroid dienone is 2. The molecular weight excluding hydrogens is 240 g/mol. The zero-order valence-electron chi connectivity index (χ0n) is 9.42.